The molecule has 0 bridgehead atoms. The SMILES string of the molecule is O=C(N[C@H](CO)Cc1ccccc1)Oc1ccccc1. The summed E-state index contributed by atoms with van der Waals surface area (Å²) in [6.45, 7) is -0.140. The van der Waals surface area contributed by atoms with Crippen LogP contribution in [0.2, 0.25) is 0 Å². The molecule has 20 heavy (non-hydrogen) atoms. The summed E-state index contributed by atoms with van der Waals surface area (Å²) in [5.41, 5.74) is 1.05. The number of para-hydroxylation sites is 1. The number of ether oxygens (including phenoxy) is 1. The molecule has 104 valence electrons. The highest BCUT2D eigenvalue weighted by molar-refractivity contribution is 5.70. The van der Waals surface area contributed by atoms with E-state index < -0.39 is 6.09 Å². The van der Waals surface area contributed by atoms with Crippen LogP contribution in [0.25, 0.3) is 0 Å². The second-order valence-corrected chi connectivity index (χ2v) is 4.42. The van der Waals surface area contributed by atoms with Crippen LogP contribution in [-0.4, -0.2) is 23.8 Å². The summed E-state index contributed by atoms with van der Waals surface area (Å²) in [6, 6.07) is 18.1. The maximum atomic E-state index is 11.7. The summed E-state index contributed by atoms with van der Waals surface area (Å²) < 4.78 is 5.12. The van der Waals surface area contributed by atoms with Crippen molar-refractivity contribution in [1.82, 2.24) is 5.32 Å². The summed E-state index contributed by atoms with van der Waals surface area (Å²) in [5.74, 6) is 0.474. The van der Waals surface area contributed by atoms with Gasteiger partial charge in [-0.15, -0.1) is 0 Å². The van der Waals surface area contributed by atoms with Crippen molar-refractivity contribution in [3.8, 4) is 5.75 Å². The minimum Gasteiger partial charge on any atom is -0.410 e. The van der Waals surface area contributed by atoms with Crippen LogP contribution in [0.4, 0.5) is 4.79 Å². The maximum absolute atomic E-state index is 11.7. The third kappa shape index (κ3) is 4.40. The number of carbonyl (C=O) groups is 1. The predicted octanol–water partition coefficient (Wildman–Crippen LogP) is 2.38. The fourth-order valence-corrected chi connectivity index (χ4v) is 1.85. The average molecular weight is 271 g/mol. The van der Waals surface area contributed by atoms with Crippen LogP contribution in [-0.2, 0) is 6.42 Å². The highest BCUT2D eigenvalue weighted by Crippen LogP contribution is 2.09. The van der Waals surface area contributed by atoms with Crippen molar-refractivity contribution in [2.24, 2.45) is 0 Å². The van der Waals surface area contributed by atoms with Gasteiger partial charge in [0.1, 0.15) is 5.75 Å². The molecule has 0 fully saturated rings. The van der Waals surface area contributed by atoms with E-state index in [1.54, 1.807) is 24.3 Å². The van der Waals surface area contributed by atoms with Crippen molar-refractivity contribution >= 4 is 6.09 Å². The fourth-order valence-electron chi connectivity index (χ4n) is 1.85. The Morgan fingerprint density at radius 2 is 1.65 bits per heavy atom. The van der Waals surface area contributed by atoms with Gasteiger partial charge in [0, 0.05) is 0 Å². The maximum Gasteiger partial charge on any atom is 0.412 e. The standard InChI is InChI=1S/C16H17NO3/c18-12-14(11-13-7-3-1-4-8-13)17-16(19)20-15-9-5-2-6-10-15/h1-10,14,18H,11-12H2,(H,17,19)/t14-/m0/s1. The first-order valence-corrected chi connectivity index (χ1v) is 6.46. The van der Waals surface area contributed by atoms with E-state index in [2.05, 4.69) is 5.32 Å². The molecule has 4 heteroatoms. The molecule has 4 nitrogen and oxygen atoms in total. The van der Waals surface area contributed by atoms with E-state index in [0.717, 1.165) is 5.56 Å². The van der Waals surface area contributed by atoms with E-state index in [9.17, 15) is 9.90 Å². The second kappa shape index (κ2) is 7.31. The first-order chi connectivity index (χ1) is 9.78. The minimum absolute atomic E-state index is 0.140. The summed E-state index contributed by atoms with van der Waals surface area (Å²) in [6.07, 6.45) is -0.00695. The molecule has 0 unspecified atom stereocenters. The Hall–Kier alpha value is -2.33. The highest BCUT2D eigenvalue weighted by Gasteiger charge is 2.13. The van der Waals surface area contributed by atoms with Gasteiger partial charge in [0.2, 0.25) is 0 Å². The summed E-state index contributed by atoms with van der Waals surface area (Å²) >= 11 is 0. The van der Waals surface area contributed by atoms with Crippen LogP contribution in [0.3, 0.4) is 0 Å². The number of hydrogen-bond donors (Lipinski definition) is 2. The number of aliphatic hydroxyl groups excluding tert-OH is 1. The molecule has 0 aromatic heterocycles. The Morgan fingerprint density at radius 1 is 1.05 bits per heavy atom. The largest absolute Gasteiger partial charge is 0.412 e. The van der Waals surface area contributed by atoms with Crippen molar-refractivity contribution < 1.29 is 14.6 Å². The Bertz CT molecular complexity index is 528. The van der Waals surface area contributed by atoms with Gasteiger partial charge < -0.3 is 15.2 Å². The van der Waals surface area contributed by atoms with E-state index in [4.69, 9.17) is 4.74 Å². The van der Waals surface area contributed by atoms with Gasteiger partial charge in [-0.1, -0.05) is 48.5 Å². The molecule has 0 radical (unpaired) electrons. The number of benzene rings is 2. The van der Waals surface area contributed by atoms with Gasteiger partial charge in [0.15, 0.2) is 0 Å². The van der Waals surface area contributed by atoms with Crippen LogP contribution in [0.15, 0.2) is 60.7 Å². The van der Waals surface area contributed by atoms with Gasteiger partial charge in [-0.2, -0.15) is 0 Å². The summed E-state index contributed by atoms with van der Waals surface area (Å²) in [5, 5.41) is 12.0. The van der Waals surface area contributed by atoms with E-state index in [1.807, 2.05) is 36.4 Å². The number of amides is 1. The topological polar surface area (TPSA) is 58.6 Å². The number of rotatable bonds is 5. The Balaban J connectivity index is 1.88. The predicted molar refractivity (Wildman–Crippen MR) is 76.6 cm³/mol. The lowest BCUT2D eigenvalue weighted by Crippen LogP contribution is -2.40. The van der Waals surface area contributed by atoms with E-state index in [1.165, 1.54) is 0 Å². The third-order valence-corrected chi connectivity index (χ3v) is 2.82. The number of aliphatic hydroxyl groups is 1. The molecule has 0 heterocycles. The van der Waals surface area contributed by atoms with Crippen molar-refractivity contribution in [2.75, 3.05) is 6.61 Å². The molecular formula is C16H17NO3. The van der Waals surface area contributed by atoms with Crippen LogP contribution < -0.4 is 10.1 Å². The molecule has 2 aromatic carbocycles. The molecule has 2 aromatic rings. The molecule has 0 saturated carbocycles. The molecular weight excluding hydrogens is 254 g/mol. The van der Waals surface area contributed by atoms with Crippen molar-refractivity contribution in [1.29, 1.82) is 0 Å². The van der Waals surface area contributed by atoms with E-state index in [-0.39, 0.29) is 12.6 Å². The van der Waals surface area contributed by atoms with Gasteiger partial charge in [-0.3, -0.25) is 0 Å². The van der Waals surface area contributed by atoms with Crippen LogP contribution in [0.1, 0.15) is 5.56 Å². The average Bonchev–Trinajstić information content (AvgIpc) is 2.48. The number of nitrogens with one attached hydrogen (secondary N) is 1. The molecule has 1 amide bonds. The van der Waals surface area contributed by atoms with Crippen molar-refractivity contribution in [3.05, 3.63) is 66.2 Å². The van der Waals surface area contributed by atoms with Crippen LogP contribution >= 0.6 is 0 Å². The zero-order chi connectivity index (χ0) is 14.2. The lowest BCUT2D eigenvalue weighted by Gasteiger charge is -2.16. The smallest absolute Gasteiger partial charge is 0.410 e. The molecule has 0 spiro atoms. The van der Waals surface area contributed by atoms with Crippen molar-refractivity contribution in [3.63, 3.8) is 0 Å². The molecule has 1 atom stereocenters. The molecule has 2 N–H and O–H groups in total. The number of hydrogen-bond acceptors (Lipinski definition) is 3. The van der Waals surface area contributed by atoms with Gasteiger partial charge in [-0.05, 0) is 24.1 Å². The number of carbonyl (C=O) groups excluding carboxylic acids is 1. The van der Waals surface area contributed by atoms with Gasteiger partial charge >= 0.3 is 6.09 Å². The van der Waals surface area contributed by atoms with Gasteiger partial charge in [0.05, 0.1) is 12.6 Å². The summed E-state index contributed by atoms with van der Waals surface area (Å²) in [7, 11) is 0. The van der Waals surface area contributed by atoms with Crippen LogP contribution in [0, 0.1) is 0 Å². The highest BCUT2D eigenvalue weighted by atomic mass is 16.6. The Morgan fingerprint density at radius 3 is 2.25 bits per heavy atom. The van der Waals surface area contributed by atoms with E-state index in [0.29, 0.717) is 12.2 Å². The fraction of sp³-hybridized carbons (Fsp3) is 0.188. The molecule has 0 aliphatic carbocycles. The van der Waals surface area contributed by atoms with E-state index >= 15 is 0 Å². The first kappa shape index (κ1) is 14.1. The second-order valence-electron chi connectivity index (χ2n) is 4.42. The third-order valence-electron chi connectivity index (χ3n) is 2.82. The first-order valence-electron chi connectivity index (χ1n) is 6.46. The lowest BCUT2D eigenvalue weighted by atomic mass is 10.1. The molecule has 0 saturated heterocycles. The Labute approximate surface area is 118 Å². The minimum atomic E-state index is -0.564. The molecule has 0 aliphatic heterocycles. The summed E-state index contributed by atoms with van der Waals surface area (Å²) in [4.78, 5) is 11.7. The normalized spacial score (nSPS) is 11.7. The molecule has 2 rings (SSSR count). The Kier molecular flexibility index (Phi) is 5.15. The van der Waals surface area contributed by atoms with Crippen LogP contribution in [0.5, 0.6) is 5.75 Å². The zero-order valence-electron chi connectivity index (χ0n) is 11.0. The quantitative estimate of drug-likeness (QED) is 0.877. The van der Waals surface area contributed by atoms with Gasteiger partial charge in [0.25, 0.3) is 0 Å². The zero-order valence-corrected chi connectivity index (χ0v) is 11.0. The molecule has 0 aliphatic rings. The lowest BCUT2D eigenvalue weighted by molar-refractivity contribution is 0.182. The van der Waals surface area contributed by atoms with Crippen molar-refractivity contribution in [2.45, 2.75) is 12.5 Å². The monoisotopic (exact) mass is 271 g/mol. The van der Waals surface area contributed by atoms with Gasteiger partial charge in [-0.25, -0.2) is 4.79 Å².